The number of para-hydroxylation sites is 1. The van der Waals surface area contributed by atoms with Gasteiger partial charge in [-0.1, -0.05) is 19.1 Å². The molecule has 2 aromatic rings. The van der Waals surface area contributed by atoms with Gasteiger partial charge in [0, 0.05) is 31.2 Å². The Morgan fingerprint density at radius 1 is 1.26 bits per heavy atom. The summed E-state index contributed by atoms with van der Waals surface area (Å²) in [5.41, 5.74) is 2.50. The minimum atomic E-state index is 0.230. The Morgan fingerprint density at radius 3 is 2.96 bits per heavy atom. The number of phenols is 1. The standard InChI is InChI=1S/C17H21N5O/c1-2-11-10-22-12(8-18-11)9-19-17-15(22)7-14(20-21-17)13-5-3-4-6-16(13)23/h3-7,11-12,18,23H,2,8-10H2,1H3,(H,19,21). The van der Waals surface area contributed by atoms with E-state index in [0.29, 0.717) is 23.3 Å². The number of nitrogens with one attached hydrogen (secondary N) is 2. The number of hydrogen-bond donors (Lipinski definition) is 3. The highest BCUT2D eigenvalue weighted by molar-refractivity contribution is 5.76. The molecule has 23 heavy (non-hydrogen) atoms. The van der Waals surface area contributed by atoms with Crippen LogP contribution >= 0.6 is 0 Å². The van der Waals surface area contributed by atoms with E-state index < -0.39 is 0 Å². The van der Waals surface area contributed by atoms with Crippen LogP contribution in [0.3, 0.4) is 0 Å². The van der Waals surface area contributed by atoms with Crippen molar-refractivity contribution in [1.82, 2.24) is 15.5 Å². The van der Waals surface area contributed by atoms with Gasteiger partial charge in [0.05, 0.1) is 17.4 Å². The molecule has 4 rings (SSSR count). The molecule has 6 nitrogen and oxygen atoms in total. The average molecular weight is 311 g/mol. The largest absolute Gasteiger partial charge is 0.507 e. The molecule has 1 saturated heterocycles. The molecule has 0 amide bonds. The summed E-state index contributed by atoms with van der Waals surface area (Å²) in [6.07, 6.45) is 1.11. The molecule has 3 N–H and O–H groups in total. The number of hydrogen-bond acceptors (Lipinski definition) is 6. The van der Waals surface area contributed by atoms with Gasteiger partial charge >= 0.3 is 0 Å². The first kappa shape index (κ1) is 14.3. The fourth-order valence-electron chi connectivity index (χ4n) is 3.38. The highest BCUT2D eigenvalue weighted by Gasteiger charge is 2.32. The molecule has 2 aliphatic rings. The highest BCUT2D eigenvalue weighted by atomic mass is 16.3. The zero-order valence-electron chi connectivity index (χ0n) is 13.2. The zero-order valence-corrected chi connectivity index (χ0v) is 13.2. The van der Waals surface area contributed by atoms with Gasteiger partial charge in [-0.05, 0) is 24.6 Å². The molecule has 1 aromatic heterocycles. The number of anilines is 2. The fourth-order valence-corrected chi connectivity index (χ4v) is 3.38. The summed E-state index contributed by atoms with van der Waals surface area (Å²) in [5, 5.41) is 25.7. The van der Waals surface area contributed by atoms with E-state index in [4.69, 9.17) is 0 Å². The Kier molecular flexibility index (Phi) is 3.53. The summed E-state index contributed by atoms with van der Waals surface area (Å²) in [4.78, 5) is 2.43. The Morgan fingerprint density at radius 2 is 2.13 bits per heavy atom. The Labute approximate surface area is 135 Å². The van der Waals surface area contributed by atoms with E-state index in [1.54, 1.807) is 6.07 Å². The maximum absolute atomic E-state index is 10.1. The van der Waals surface area contributed by atoms with Crippen molar-refractivity contribution in [2.45, 2.75) is 25.4 Å². The topological polar surface area (TPSA) is 73.3 Å². The van der Waals surface area contributed by atoms with Crippen LogP contribution in [0.5, 0.6) is 5.75 Å². The lowest BCUT2D eigenvalue weighted by atomic mass is 10.0. The second-order valence-corrected chi connectivity index (χ2v) is 6.18. The smallest absolute Gasteiger partial charge is 0.172 e. The predicted molar refractivity (Wildman–Crippen MR) is 90.8 cm³/mol. The van der Waals surface area contributed by atoms with Crippen LogP contribution in [0.1, 0.15) is 13.3 Å². The van der Waals surface area contributed by atoms with E-state index in [0.717, 1.165) is 37.6 Å². The molecule has 0 spiro atoms. The summed E-state index contributed by atoms with van der Waals surface area (Å²) in [6, 6.07) is 10.2. The number of fused-ring (bicyclic) bond motifs is 3. The Balaban J connectivity index is 1.74. The third-order valence-corrected chi connectivity index (χ3v) is 4.76. The van der Waals surface area contributed by atoms with Crippen molar-refractivity contribution in [2.24, 2.45) is 0 Å². The Hall–Kier alpha value is -2.34. The second kappa shape index (κ2) is 5.70. The molecule has 0 saturated carbocycles. The Bertz CT molecular complexity index is 720. The maximum atomic E-state index is 10.1. The van der Waals surface area contributed by atoms with E-state index in [9.17, 15) is 5.11 Å². The summed E-state index contributed by atoms with van der Waals surface area (Å²) in [5.74, 6) is 1.06. The number of aromatic nitrogens is 2. The van der Waals surface area contributed by atoms with Gasteiger partial charge in [0.15, 0.2) is 5.82 Å². The van der Waals surface area contributed by atoms with Crippen molar-refractivity contribution < 1.29 is 5.11 Å². The monoisotopic (exact) mass is 311 g/mol. The number of phenolic OH excluding ortho intramolecular Hbond substituents is 1. The lowest BCUT2D eigenvalue weighted by Gasteiger charge is -2.45. The number of benzene rings is 1. The quantitative estimate of drug-likeness (QED) is 0.786. The number of piperazine rings is 1. The summed E-state index contributed by atoms with van der Waals surface area (Å²) in [7, 11) is 0. The summed E-state index contributed by atoms with van der Waals surface area (Å²) < 4.78 is 0. The van der Waals surface area contributed by atoms with Gasteiger partial charge in [-0.2, -0.15) is 0 Å². The van der Waals surface area contributed by atoms with Crippen molar-refractivity contribution >= 4 is 11.5 Å². The first-order valence-electron chi connectivity index (χ1n) is 8.16. The van der Waals surface area contributed by atoms with Crippen molar-refractivity contribution in [2.75, 3.05) is 29.9 Å². The molecular weight excluding hydrogens is 290 g/mol. The molecule has 3 heterocycles. The molecule has 0 aliphatic carbocycles. The van der Waals surface area contributed by atoms with E-state index in [-0.39, 0.29) is 5.75 Å². The van der Waals surface area contributed by atoms with Crippen LogP contribution in [-0.4, -0.2) is 47.0 Å². The third kappa shape index (κ3) is 2.49. The second-order valence-electron chi connectivity index (χ2n) is 6.18. The van der Waals surface area contributed by atoms with Gasteiger partial charge in [0.1, 0.15) is 5.75 Å². The fraction of sp³-hybridized carbons (Fsp3) is 0.412. The van der Waals surface area contributed by atoms with E-state index in [1.165, 1.54) is 0 Å². The van der Waals surface area contributed by atoms with Crippen LogP contribution in [0, 0.1) is 0 Å². The zero-order chi connectivity index (χ0) is 15.8. The summed E-state index contributed by atoms with van der Waals surface area (Å²) in [6.45, 7) is 5.03. The highest BCUT2D eigenvalue weighted by Crippen LogP contribution is 2.35. The lowest BCUT2D eigenvalue weighted by Crippen LogP contribution is -2.60. The number of aromatic hydroxyl groups is 1. The lowest BCUT2D eigenvalue weighted by molar-refractivity contribution is 0.387. The predicted octanol–water partition coefficient (Wildman–Crippen LogP) is 1.83. The number of rotatable bonds is 2. The molecular formula is C17H21N5O. The molecule has 6 heteroatoms. The minimum Gasteiger partial charge on any atom is -0.507 e. The van der Waals surface area contributed by atoms with Crippen LogP contribution in [0.2, 0.25) is 0 Å². The van der Waals surface area contributed by atoms with Crippen molar-refractivity contribution in [3.8, 4) is 17.0 Å². The van der Waals surface area contributed by atoms with E-state index >= 15 is 0 Å². The molecule has 1 aromatic carbocycles. The van der Waals surface area contributed by atoms with Crippen molar-refractivity contribution in [3.63, 3.8) is 0 Å². The normalized spacial score (nSPS) is 22.9. The van der Waals surface area contributed by atoms with Crippen molar-refractivity contribution in [3.05, 3.63) is 30.3 Å². The molecule has 0 radical (unpaired) electrons. The average Bonchev–Trinajstić information content (AvgIpc) is 2.61. The third-order valence-electron chi connectivity index (χ3n) is 4.76. The van der Waals surface area contributed by atoms with Crippen LogP contribution < -0.4 is 15.5 Å². The SMILES string of the molecule is CCC1CN2c3cc(-c4ccccc4O)nnc3NCC2CN1. The van der Waals surface area contributed by atoms with Gasteiger partial charge in [-0.25, -0.2) is 0 Å². The molecule has 2 atom stereocenters. The molecule has 2 unspecified atom stereocenters. The van der Waals surface area contributed by atoms with Gasteiger partial charge in [0.2, 0.25) is 0 Å². The van der Waals surface area contributed by atoms with Crippen molar-refractivity contribution in [1.29, 1.82) is 0 Å². The van der Waals surface area contributed by atoms with Crippen LogP contribution in [0.15, 0.2) is 30.3 Å². The van der Waals surface area contributed by atoms with E-state index in [1.807, 2.05) is 24.3 Å². The molecule has 120 valence electrons. The minimum absolute atomic E-state index is 0.230. The molecule has 1 fully saturated rings. The summed E-state index contributed by atoms with van der Waals surface area (Å²) >= 11 is 0. The molecule has 2 aliphatic heterocycles. The van der Waals surface area contributed by atoms with Gasteiger partial charge < -0.3 is 20.6 Å². The molecule has 0 bridgehead atoms. The first-order valence-corrected chi connectivity index (χ1v) is 8.16. The van der Waals surface area contributed by atoms with Gasteiger partial charge in [-0.15, -0.1) is 10.2 Å². The van der Waals surface area contributed by atoms with E-state index in [2.05, 4.69) is 32.7 Å². The number of nitrogens with zero attached hydrogens (tertiary/aromatic N) is 3. The van der Waals surface area contributed by atoms with Gasteiger partial charge in [-0.3, -0.25) is 0 Å². The van der Waals surface area contributed by atoms with Gasteiger partial charge in [0.25, 0.3) is 0 Å². The first-order chi connectivity index (χ1) is 11.3. The van der Waals surface area contributed by atoms with Crippen LogP contribution in [-0.2, 0) is 0 Å². The van der Waals surface area contributed by atoms with Crippen LogP contribution in [0.4, 0.5) is 11.5 Å². The maximum Gasteiger partial charge on any atom is 0.172 e. The van der Waals surface area contributed by atoms with Crippen LogP contribution in [0.25, 0.3) is 11.3 Å².